The lowest BCUT2D eigenvalue weighted by atomic mass is 9.82. The third-order valence-electron chi connectivity index (χ3n) is 7.41. The second-order valence-corrected chi connectivity index (χ2v) is 12.1. The van der Waals surface area contributed by atoms with Crippen LogP contribution >= 0.6 is 50.4 Å². The van der Waals surface area contributed by atoms with Gasteiger partial charge in [0.15, 0.2) is 0 Å². The molecular formula is C29H28BrClIN5O2. The van der Waals surface area contributed by atoms with E-state index in [9.17, 15) is 9.59 Å². The third-order valence-corrected chi connectivity index (χ3v) is 9.25. The second kappa shape index (κ2) is 11.9. The SMILES string of the molecule is CCC1(C(=O)NCc2ccc(Cl)c(Nc3nc4cc(C(=O)Nc5ccc(Br)cc5)ccc4n3I)c2)CCCC1. The monoisotopic (exact) mass is 719 g/mol. The van der Waals surface area contributed by atoms with Gasteiger partial charge in [-0.05, 0) is 79.4 Å². The van der Waals surface area contributed by atoms with Crippen molar-refractivity contribution in [2.45, 2.75) is 45.6 Å². The first kappa shape index (κ1) is 27.9. The molecule has 7 nitrogen and oxygen atoms in total. The number of halogens is 3. The van der Waals surface area contributed by atoms with Crippen molar-refractivity contribution in [1.82, 2.24) is 13.1 Å². The predicted molar refractivity (Wildman–Crippen MR) is 169 cm³/mol. The van der Waals surface area contributed by atoms with Crippen molar-refractivity contribution in [3.8, 4) is 0 Å². The summed E-state index contributed by atoms with van der Waals surface area (Å²) in [4.78, 5) is 30.5. The molecule has 0 spiro atoms. The van der Waals surface area contributed by atoms with E-state index < -0.39 is 0 Å². The van der Waals surface area contributed by atoms with Gasteiger partial charge >= 0.3 is 0 Å². The van der Waals surface area contributed by atoms with E-state index in [1.165, 1.54) is 0 Å². The molecule has 5 rings (SSSR count). The summed E-state index contributed by atoms with van der Waals surface area (Å²) in [5.74, 6) is 0.507. The number of fused-ring (bicyclic) bond motifs is 1. The van der Waals surface area contributed by atoms with Crippen molar-refractivity contribution in [1.29, 1.82) is 0 Å². The van der Waals surface area contributed by atoms with E-state index in [0.29, 0.717) is 40.0 Å². The Labute approximate surface area is 254 Å². The van der Waals surface area contributed by atoms with Crippen LogP contribution in [0.25, 0.3) is 11.0 Å². The lowest BCUT2D eigenvalue weighted by molar-refractivity contribution is -0.131. The Morgan fingerprint density at radius 1 is 1.08 bits per heavy atom. The van der Waals surface area contributed by atoms with Gasteiger partial charge in [0, 0.05) is 27.7 Å². The number of aromatic nitrogens is 2. The molecule has 0 saturated heterocycles. The minimum absolute atomic E-state index is 0.140. The van der Waals surface area contributed by atoms with Crippen molar-refractivity contribution in [3.05, 3.63) is 81.3 Å². The maximum absolute atomic E-state index is 13.0. The zero-order chi connectivity index (χ0) is 27.6. The lowest BCUT2D eigenvalue weighted by Crippen LogP contribution is -2.38. The summed E-state index contributed by atoms with van der Waals surface area (Å²) in [5.41, 5.74) is 4.17. The minimum Gasteiger partial charge on any atom is -0.352 e. The Morgan fingerprint density at radius 2 is 1.82 bits per heavy atom. The molecule has 1 heterocycles. The van der Waals surface area contributed by atoms with Crippen LogP contribution in [0.1, 0.15) is 54.9 Å². The van der Waals surface area contributed by atoms with Gasteiger partial charge in [-0.2, -0.15) is 0 Å². The number of anilines is 3. The van der Waals surface area contributed by atoms with Crippen molar-refractivity contribution in [2.24, 2.45) is 5.41 Å². The number of amides is 2. The van der Waals surface area contributed by atoms with Crippen molar-refractivity contribution < 1.29 is 9.59 Å². The summed E-state index contributed by atoms with van der Waals surface area (Å²) >= 11 is 12.1. The summed E-state index contributed by atoms with van der Waals surface area (Å²) in [6.45, 7) is 2.53. The highest BCUT2D eigenvalue weighted by atomic mass is 127. The minimum atomic E-state index is -0.229. The average molecular weight is 721 g/mol. The molecule has 2 amide bonds. The van der Waals surface area contributed by atoms with Gasteiger partial charge in [-0.3, -0.25) is 9.59 Å². The van der Waals surface area contributed by atoms with Crippen molar-refractivity contribution >= 4 is 90.6 Å². The molecule has 1 saturated carbocycles. The number of nitrogens with zero attached hydrogens (tertiary/aromatic N) is 2. The zero-order valence-corrected chi connectivity index (χ0v) is 25.9. The largest absolute Gasteiger partial charge is 0.352 e. The molecule has 4 aromatic rings. The summed E-state index contributed by atoms with van der Waals surface area (Å²) in [7, 11) is 0. The smallest absolute Gasteiger partial charge is 0.255 e. The topological polar surface area (TPSA) is 88.1 Å². The number of carbonyl (C=O) groups is 2. The summed E-state index contributed by atoms with van der Waals surface area (Å²) in [6, 6.07) is 18.5. The molecule has 1 aliphatic rings. The molecule has 1 fully saturated rings. The van der Waals surface area contributed by atoms with E-state index in [1.54, 1.807) is 12.1 Å². The molecule has 10 heteroatoms. The van der Waals surface area contributed by atoms with Crippen LogP contribution < -0.4 is 16.0 Å². The van der Waals surface area contributed by atoms with Crippen LogP contribution in [0.4, 0.5) is 17.3 Å². The Balaban J connectivity index is 1.31. The van der Waals surface area contributed by atoms with Gasteiger partial charge in [-0.15, -0.1) is 0 Å². The quantitative estimate of drug-likeness (QED) is 0.160. The van der Waals surface area contributed by atoms with E-state index in [-0.39, 0.29) is 17.2 Å². The van der Waals surface area contributed by atoms with Gasteiger partial charge in [0.2, 0.25) is 11.9 Å². The van der Waals surface area contributed by atoms with E-state index in [4.69, 9.17) is 16.6 Å². The van der Waals surface area contributed by atoms with E-state index in [2.05, 4.69) is 61.7 Å². The molecule has 0 radical (unpaired) electrons. The number of carbonyl (C=O) groups excluding carboxylic acids is 2. The Hall–Kier alpha value is -2.63. The Bertz CT molecular complexity index is 1530. The number of nitrogens with one attached hydrogen (secondary N) is 3. The molecule has 3 N–H and O–H groups in total. The van der Waals surface area contributed by atoms with Crippen LogP contribution in [0.3, 0.4) is 0 Å². The Kier molecular flexibility index (Phi) is 8.49. The first-order chi connectivity index (χ1) is 18.8. The van der Waals surface area contributed by atoms with Crippen LogP contribution in [0.2, 0.25) is 5.02 Å². The van der Waals surface area contributed by atoms with E-state index in [1.807, 2.05) is 51.3 Å². The fourth-order valence-corrected chi connectivity index (χ4v) is 6.13. The van der Waals surface area contributed by atoms with Gasteiger partial charge in [0.1, 0.15) is 0 Å². The second-order valence-electron chi connectivity index (χ2n) is 9.84. The van der Waals surface area contributed by atoms with E-state index in [0.717, 1.165) is 47.7 Å². The summed E-state index contributed by atoms with van der Waals surface area (Å²) in [6.07, 6.45) is 5.02. The fourth-order valence-electron chi connectivity index (χ4n) is 5.07. The van der Waals surface area contributed by atoms with Crippen LogP contribution in [0, 0.1) is 5.41 Å². The number of imidazole rings is 1. The van der Waals surface area contributed by atoms with Gasteiger partial charge in [0.05, 0.1) is 44.6 Å². The standard InChI is InChI=1S/C29H28BrClIN5O2/c1-2-29(13-3-4-14-29)27(39)33-17-18-5-11-22(31)23(15-18)35-28-36-24-16-19(6-12-25(24)37(28)32)26(38)34-21-9-7-20(30)8-10-21/h5-12,15-16H,2-4,13-14,17H2,1H3,(H,33,39)(H,34,38)(H,35,36). The first-order valence-corrected chi connectivity index (χ1v) is 15.0. The molecule has 1 aliphatic carbocycles. The van der Waals surface area contributed by atoms with Crippen LogP contribution in [0.15, 0.2) is 65.1 Å². The van der Waals surface area contributed by atoms with Crippen LogP contribution in [-0.2, 0) is 11.3 Å². The molecule has 0 unspecified atom stereocenters. The lowest BCUT2D eigenvalue weighted by Gasteiger charge is -2.26. The van der Waals surface area contributed by atoms with Gasteiger partial charge in [-0.1, -0.05) is 53.4 Å². The van der Waals surface area contributed by atoms with Crippen molar-refractivity contribution in [2.75, 3.05) is 10.6 Å². The molecule has 0 bridgehead atoms. The van der Waals surface area contributed by atoms with Crippen molar-refractivity contribution in [3.63, 3.8) is 0 Å². The number of rotatable bonds is 8. The average Bonchev–Trinajstić information content (AvgIpc) is 3.55. The van der Waals surface area contributed by atoms with Crippen LogP contribution in [0.5, 0.6) is 0 Å². The highest BCUT2D eigenvalue weighted by Gasteiger charge is 2.39. The summed E-state index contributed by atoms with van der Waals surface area (Å²) < 4.78 is 2.83. The maximum atomic E-state index is 13.0. The van der Waals surface area contributed by atoms with Gasteiger partial charge in [0.25, 0.3) is 5.91 Å². The molecule has 202 valence electrons. The molecule has 0 aliphatic heterocycles. The highest BCUT2D eigenvalue weighted by molar-refractivity contribution is 14.1. The molecule has 1 aromatic heterocycles. The van der Waals surface area contributed by atoms with E-state index >= 15 is 0 Å². The third kappa shape index (κ3) is 6.10. The number of hydrogen-bond acceptors (Lipinski definition) is 4. The molecule has 3 aromatic carbocycles. The summed E-state index contributed by atoms with van der Waals surface area (Å²) in [5, 5.41) is 9.92. The zero-order valence-electron chi connectivity index (χ0n) is 21.4. The maximum Gasteiger partial charge on any atom is 0.255 e. The van der Waals surface area contributed by atoms with Gasteiger partial charge < -0.3 is 16.0 Å². The molecular weight excluding hydrogens is 693 g/mol. The van der Waals surface area contributed by atoms with Gasteiger partial charge in [-0.25, -0.2) is 7.76 Å². The fraction of sp³-hybridized carbons (Fsp3) is 0.276. The molecule has 39 heavy (non-hydrogen) atoms. The molecule has 0 atom stereocenters. The number of benzene rings is 3. The predicted octanol–water partition coefficient (Wildman–Crippen LogP) is 8.23. The normalized spacial score (nSPS) is 14.4. The Morgan fingerprint density at radius 3 is 2.54 bits per heavy atom. The number of hydrogen-bond donors (Lipinski definition) is 3. The first-order valence-electron chi connectivity index (χ1n) is 12.9. The van der Waals surface area contributed by atoms with Crippen LogP contribution in [-0.4, -0.2) is 19.6 Å². The highest BCUT2D eigenvalue weighted by Crippen LogP contribution is 2.41.